The van der Waals surface area contributed by atoms with E-state index in [1.54, 1.807) is 6.07 Å². The molecule has 0 bridgehead atoms. The van der Waals surface area contributed by atoms with Gasteiger partial charge in [-0.3, -0.25) is 5.14 Å². The van der Waals surface area contributed by atoms with Crippen molar-refractivity contribution in [3.05, 3.63) is 64.9 Å². The molecular weight excluding hydrogens is 345 g/mol. The Hall–Kier alpha value is -1.49. The molecule has 5 heteroatoms. The van der Waals surface area contributed by atoms with Crippen LogP contribution >= 0.6 is 23.5 Å². The SMILES string of the molecule is NSc1ccc(OCC2CCCC=C2c2ccc(F)cc2)c(Cl)c1. The highest BCUT2D eigenvalue weighted by Crippen LogP contribution is 2.34. The lowest BCUT2D eigenvalue weighted by atomic mass is 9.84. The van der Waals surface area contributed by atoms with Gasteiger partial charge in [0.2, 0.25) is 0 Å². The second-order valence-electron chi connectivity index (χ2n) is 5.82. The van der Waals surface area contributed by atoms with E-state index in [0.717, 1.165) is 41.7 Å². The van der Waals surface area contributed by atoms with E-state index in [4.69, 9.17) is 21.5 Å². The van der Waals surface area contributed by atoms with Crippen LogP contribution in [0, 0.1) is 11.7 Å². The average Bonchev–Trinajstić information content (AvgIpc) is 2.61. The fraction of sp³-hybridized carbons (Fsp3) is 0.263. The Kier molecular flexibility index (Phi) is 5.82. The van der Waals surface area contributed by atoms with Crippen molar-refractivity contribution in [3.8, 4) is 5.75 Å². The number of rotatable bonds is 5. The molecule has 0 spiro atoms. The summed E-state index contributed by atoms with van der Waals surface area (Å²) in [5, 5.41) is 6.10. The zero-order chi connectivity index (χ0) is 16.9. The molecule has 0 heterocycles. The van der Waals surface area contributed by atoms with Crippen LogP contribution in [0.25, 0.3) is 5.57 Å². The summed E-state index contributed by atoms with van der Waals surface area (Å²) in [7, 11) is 0. The van der Waals surface area contributed by atoms with Crippen LogP contribution in [0.1, 0.15) is 24.8 Å². The van der Waals surface area contributed by atoms with Crippen molar-refractivity contribution in [2.45, 2.75) is 24.2 Å². The Morgan fingerprint density at radius 1 is 1.21 bits per heavy atom. The molecule has 3 rings (SSSR count). The molecule has 2 N–H and O–H groups in total. The highest BCUT2D eigenvalue weighted by atomic mass is 35.5. The summed E-state index contributed by atoms with van der Waals surface area (Å²) >= 11 is 7.40. The summed E-state index contributed by atoms with van der Waals surface area (Å²) in [6, 6.07) is 12.2. The average molecular weight is 364 g/mol. The molecule has 1 unspecified atom stereocenters. The molecule has 2 nitrogen and oxygen atoms in total. The van der Waals surface area contributed by atoms with Crippen LogP contribution in [-0.4, -0.2) is 6.61 Å². The Balaban J connectivity index is 1.72. The van der Waals surface area contributed by atoms with Gasteiger partial charge in [0.25, 0.3) is 0 Å². The highest BCUT2D eigenvalue weighted by Gasteiger charge is 2.20. The topological polar surface area (TPSA) is 35.2 Å². The number of nitrogens with two attached hydrogens (primary N) is 1. The van der Waals surface area contributed by atoms with Crippen LogP contribution in [0.3, 0.4) is 0 Å². The van der Waals surface area contributed by atoms with E-state index in [9.17, 15) is 4.39 Å². The number of benzene rings is 2. The summed E-state index contributed by atoms with van der Waals surface area (Å²) < 4.78 is 19.1. The fourth-order valence-electron chi connectivity index (χ4n) is 2.98. The van der Waals surface area contributed by atoms with Gasteiger partial charge in [-0.05, 0) is 72.7 Å². The van der Waals surface area contributed by atoms with Gasteiger partial charge in [-0.15, -0.1) is 0 Å². The molecule has 0 aromatic heterocycles. The minimum atomic E-state index is -0.215. The summed E-state index contributed by atoms with van der Waals surface area (Å²) in [5.74, 6) is 0.731. The Morgan fingerprint density at radius 3 is 2.71 bits per heavy atom. The number of ether oxygens (including phenoxy) is 1. The molecule has 0 amide bonds. The maximum atomic E-state index is 13.2. The maximum absolute atomic E-state index is 13.2. The van der Waals surface area contributed by atoms with Crippen molar-refractivity contribution in [1.82, 2.24) is 0 Å². The van der Waals surface area contributed by atoms with Crippen molar-refractivity contribution in [2.24, 2.45) is 11.1 Å². The quantitative estimate of drug-likeness (QED) is 0.691. The number of hydrogen-bond donors (Lipinski definition) is 1. The summed E-state index contributed by atoms with van der Waals surface area (Å²) in [6.07, 6.45) is 5.47. The lowest BCUT2D eigenvalue weighted by Gasteiger charge is -2.25. The van der Waals surface area contributed by atoms with Gasteiger partial charge in [0.1, 0.15) is 11.6 Å². The van der Waals surface area contributed by atoms with Crippen molar-refractivity contribution >= 4 is 29.1 Å². The molecule has 0 saturated carbocycles. The van der Waals surface area contributed by atoms with E-state index >= 15 is 0 Å². The Labute approximate surface area is 151 Å². The normalized spacial score (nSPS) is 17.5. The lowest BCUT2D eigenvalue weighted by Crippen LogP contribution is -2.17. The van der Waals surface area contributed by atoms with Gasteiger partial charge in [-0.2, -0.15) is 0 Å². The monoisotopic (exact) mass is 363 g/mol. The van der Waals surface area contributed by atoms with Crippen LogP contribution in [0.2, 0.25) is 5.02 Å². The van der Waals surface area contributed by atoms with Gasteiger partial charge < -0.3 is 4.74 Å². The molecule has 126 valence electrons. The van der Waals surface area contributed by atoms with Crippen molar-refractivity contribution in [3.63, 3.8) is 0 Å². The van der Waals surface area contributed by atoms with Gasteiger partial charge >= 0.3 is 0 Å². The first-order chi connectivity index (χ1) is 11.7. The summed E-state index contributed by atoms with van der Waals surface area (Å²) in [4.78, 5) is 0.900. The molecule has 1 aliphatic carbocycles. The zero-order valence-electron chi connectivity index (χ0n) is 13.2. The molecular formula is C19H19ClFNOS. The number of halogens is 2. The summed E-state index contributed by atoms with van der Waals surface area (Å²) in [5.41, 5.74) is 2.29. The molecule has 0 aliphatic heterocycles. The van der Waals surface area contributed by atoms with E-state index in [2.05, 4.69) is 6.08 Å². The number of hydrogen-bond acceptors (Lipinski definition) is 3. The van der Waals surface area contributed by atoms with Crippen LogP contribution in [-0.2, 0) is 0 Å². The van der Waals surface area contributed by atoms with E-state index in [0.29, 0.717) is 17.4 Å². The van der Waals surface area contributed by atoms with Crippen molar-refractivity contribution < 1.29 is 9.13 Å². The van der Waals surface area contributed by atoms with Gasteiger partial charge in [-0.1, -0.05) is 29.8 Å². The second kappa shape index (κ2) is 8.06. The fourth-order valence-corrected chi connectivity index (χ4v) is 3.61. The maximum Gasteiger partial charge on any atom is 0.137 e. The molecule has 0 saturated heterocycles. The number of allylic oxidation sites excluding steroid dienone is 1. The van der Waals surface area contributed by atoms with E-state index in [1.807, 2.05) is 24.3 Å². The molecule has 1 atom stereocenters. The molecule has 24 heavy (non-hydrogen) atoms. The Bertz CT molecular complexity index is 733. The third-order valence-corrected chi connectivity index (χ3v) is 5.04. The molecule has 0 fully saturated rings. The van der Waals surface area contributed by atoms with Crippen LogP contribution < -0.4 is 9.88 Å². The van der Waals surface area contributed by atoms with Crippen LogP contribution in [0.4, 0.5) is 4.39 Å². The molecule has 2 aromatic carbocycles. The second-order valence-corrected chi connectivity index (χ2v) is 6.93. The van der Waals surface area contributed by atoms with Gasteiger partial charge in [0.05, 0.1) is 11.6 Å². The smallest absolute Gasteiger partial charge is 0.137 e. The van der Waals surface area contributed by atoms with E-state index in [1.165, 1.54) is 17.7 Å². The lowest BCUT2D eigenvalue weighted by molar-refractivity contribution is 0.268. The van der Waals surface area contributed by atoms with Crippen LogP contribution in [0.15, 0.2) is 53.4 Å². The van der Waals surface area contributed by atoms with Crippen LogP contribution in [0.5, 0.6) is 5.75 Å². The first kappa shape index (κ1) is 17.3. The predicted octanol–water partition coefficient (Wildman–Crippen LogP) is 5.71. The standard InChI is InChI=1S/C19H19ClFNOS/c20-18-11-16(24-22)9-10-19(18)23-12-14-3-1-2-4-17(14)13-5-7-15(21)8-6-13/h4-11,14H,1-3,12,22H2. The molecule has 2 aromatic rings. The van der Waals surface area contributed by atoms with E-state index < -0.39 is 0 Å². The largest absolute Gasteiger partial charge is 0.491 e. The van der Waals surface area contributed by atoms with E-state index in [-0.39, 0.29) is 11.7 Å². The first-order valence-electron chi connectivity index (χ1n) is 7.92. The Morgan fingerprint density at radius 2 is 2.00 bits per heavy atom. The molecule has 0 radical (unpaired) electrons. The minimum Gasteiger partial charge on any atom is -0.491 e. The summed E-state index contributed by atoms with van der Waals surface area (Å²) in [6.45, 7) is 0.554. The predicted molar refractivity (Wildman–Crippen MR) is 98.7 cm³/mol. The highest BCUT2D eigenvalue weighted by molar-refractivity contribution is 7.97. The van der Waals surface area contributed by atoms with Crippen molar-refractivity contribution in [2.75, 3.05) is 6.61 Å². The third kappa shape index (κ3) is 4.12. The first-order valence-corrected chi connectivity index (χ1v) is 9.18. The minimum absolute atomic E-state index is 0.215. The zero-order valence-corrected chi connectivity index (χ0v) is 14.7. The third-order valence-electron chi connectivity index (χ3n) is 4.22. The van der Waals surface area contributed by atoms with Gasteiger partial charge in [0.15, 0.2) is 0 Å². The molecule has 1 aliphatic rings. The van der Waals surface area contributed by atoms with Gasteiger partial charge in [0, 0.05) is 10.8 Å². The van der Waals surface area contributed by atoms with Crippen molar-refractivity contribution in [1.29, 1.82) is 0 Å². The van der Waals surface area contributed by atoms with Gasteiger partial charge in [-0.25, -0.2) is 4.39 Å².